The lowest BCUT2D eigenvalue weighted by molar-refractivity contribution is -0.00150. The summed E-state index contributed by atoms with van der Waals surface area (Å²) in [6.45, 7) is 5.72. The topological polar surface area (TPSA) is 53.3 Å². The summed E-state index contributed by atoms with van der Waals surface area (Å²) in [5.41, 5.74) is 2.67. The molecule has 2 bridgehead atoms. The van der Waals surface area contributed by atoms with Crippen molar-refractivity contribution in [2.24, 2.45) is 0 Å². The van der Waals surface area contributed by atoms with Crippen LogP contribution in [0.1, 0.15) is 57.6 Å². The molecule has 2 aliphatic heterocycles. The summed E-state index contributed by atoms with van der Waals surface area (Å²) in [6, 6.07) is 10.4. The maximum absolute atomic E-state index is 12.6. The predicted molar refractivity (Wildman–Crippen MR) is 97.1 cm³/mol. The first-order valence-electron chi connectivity index (χ1n) is 9.06. The zero-order chi connectivity index (χ0) is 18.0. The average Bonchev–Trinajstić information content (AvgIpc) is 2.53. The first-order valence-corrected chi connectivity index (χ1v) is 9.06. The Labute approximate surface area is 150 Å². The molecule has 0 radical (unpaired) electrons. The number of carbonyl (C=O) groups is 1. The molecule has 1 aromatic carbocycles. The van der Waals surface area contributed by atoms with Gasteiger partial charge in [0.2, 0.25) is 0 Å². The lowest BCUT2D eigenvalue weighted by atomic mass is 9.83. The molecule has 2 atom stereocenters. The van der Waals surface area contributed by atoms with Gasteiger partial charge in [-0.05, 0) is 64.5 Å². The molecule has 2 heterocycles. The number of hydrogen-bond acceptors (Lipinski definition) is 3. The number of amides is 1. The molecule has 2 unspecified atom stereocenters. The number of benzene rings is 1. The third-order valence-electron chi connectivity index (χ3n) is 4.87. The van der Waals surface area contributed by atoms with Gasteiger partial charge < -0.3 is 4.74 Å². The molecule has 0 aromatic heterocycles. The van der Waals surface area contributed by atoms with Crippen molar-refractivity contribution in [1.29, 1.82) is 5.26 Å². The van der Waals surface area contributed by atoms with Crippen molar-refractivity contribution >= 4 is 6.09 Å². The zero-order valence-electron chi connectivity index (χ0n) is 15.3. The highest BCUT2D eigenvalue weighted by atomic mass is 16.6. The van der Waals surface area contributed by atoms with E-state index in [9.17, 15) is 10.1 Å². The van der Waals surface area contributed by atoms with E-state index in [-0.39, 0.29) is 18.2 Å². The van der Waals surface area contributed by atoms with Crippen molar-refractivity contribution in [3.8, 4) is 6.07 Å². The van der Waals surface area contributed by atoms with Crippen LogP contribution in [-0.4, -0.2) is 28.7 Å². The molecule has 1 aromatic rings. The second-order valence-electron chi connectivity index (χ2n) is 8.01. The van der Waals surface area contributed by atoms with Gasteiger partial charge in [0.1, 0.15) is 5.60 Å². The van der Waals surface area contributed by atoms with Crippen molar-refractivity contribution in [2.45, 2.75) is 70.6 Å². The predicted octanol–water partition coefficient (Wildman–Crippen LogP) is 4.59. The van der Waals surface area contributed by atoms with Crippen LogP contribution in [0.5, 0.6) is 0 Å². The van der Waals surface area contributed by atoms with Gasteiger partial charge in [-0.25, -0.2) is 4.79 Å². The standard InChI is InChI=1S/C21H26N2O2/c1-21(2,3)25-20(24)23-18-9-6-10-19(23)13-15(12-18)11-16-7-4-5-8-17(16)14-22/h4-5,7-8,12,18-19H,6,9-11,13H2,1-3H3. The highest BCUT2D eigenvalue weighted by molar-refractivity contribution is 5.70. The molecule has 0 saturated carbocycles. The van der Waals surface area contributed by atoms with Crippen molar-refractivity contribution in [3.63, 3.8) is 0 Å². The summed E-state index contributed by atoms with van der Waals surface area (Å²) >= 11 is 0. The molecule has 1 amide bonds. The summed E-state index contributed by atoms with van der Waals surface area (Å²) in [7, 11) is 0. The molecule has 0 N–H and O–H groups in total. The fourth-order valence-electron chi connectivity index (χ4n) is 3.88. The van der Waals surface area contributed by atoms with E-state index in [1.807, 2.05) is 49.9 Å². The Hall–Kier alpha value is -2.28. The summed E-state index contributed by atoms with van der Waals surface area (Å²) in [5, 5.41) is 9.29. The van der Waals surface area contributed by atoms with Crippen LogP contribution >= 0.6 is 0 Å². The lowest BCUT2D eigenvalue weighted by Crippen LogP contribution is -2.53. The summed E-state index contributed by atoms with van der Waals surface area (Å²) < 4.78 is 5.62. The van der Waals surface area contributed by atoms with Crippen LogP contribution in [0.3, 0.4) is 0 Å². The number of piperidine rings is 1. The third kappa shape index (κ3) is 4.04. The second kappa shape index (κ2) is 6.92. The van der Waals surface area contributed by atoms with E-state index in [0.29, 0.717) is 0 Å². The van der Waals surface area contributed by atoms with Gasteiger partial charge >= 0.3 is 6.09 Å². The van der Waals surface area contributed by atoms with Crippen LogP contribution < -0.4 is 0 Å². The Balaban J connectivity index is 1.79. The van der Waals surface area contributed by atoms with Gasteiger partial charge in [0.15, 0.2) is 0 Å². The molecule has 1 saturated heterocycles. The van der Waals surface area contributed by atoms with Crippen LogP contribution in [0.15, 0.2) is 35.9 Å². The third-order valence-corrected chi connectivity index (χ3v) is 4.87. The summed E-state index contributed by atoms with van der Waals surface area (Å²) in [5.74, 6) is 0. The van der Waals surface area contributed by atoms with Crippen LogP contribution in [0.4, 0.5) is 4.79 Å². The minimum atomic E-state index is -0.471. The Morgan fingerprint density at radius 2 is 2.08 bits per heavy atom. The Bertz CT molecular complexity index is 724. The molecule has 0 aliphatic carbocycles. The van der Waals surface area contributed by atoms with Crippen molar-refractivity contribution in [1.82, 2.24) is 4.90 Å². The number of nitrogens with zero attached hydrogens (tertiary/aromatic N) is 2. The molecule has 1 fully saturated rings. The molecule has 2 aliphatic rings. The second-order valence-corrected chi connectivity index (χ2v) is 8.01. The quantitative estimate of drug-likeness (QED) is 0.741. The molecule has 4 nitrogen and oxygen atoms in total. The first kappa shape index (κ1) is 17.5. The molecule has 25 heavy (non-hydrogen) atoms. The smallest absolute Gasteiger partial charge is 0.411 e. The molecule has 132 valence electrons. The Morgan fingerprint density at radius 3 is 2.76 bits per heavy atom. The fraction of sp³-hybridized carbons (Fsp3) is 0.524. The Kier molecular flexibility index (Phi) is 4.85. The first-order chi connectivity index (χ1) is 11.9. The maximum atomic E-state index is 12.6. The van der Waals surface area contributed by atoms with Gasteiger partial charge in [-0.15, -0.1) is 0 Å². The number of carbonyl (C=O) groups excluding carboxylic acids is 1. The van der Waals surface area contributed by atoms with E-state index >= 15 is 0 Å². The van der Waals surface area contributed by atoms with Crippen molar-refractivity contribution in [3.05, 3.63) is 47.0 Å². The largest absolute Gasteiger partial charge is 0.444 e. The summed E-state index contributed by atoms with van der Waals surface area (Å²) in [6.07, 6.45) is 6.84. The van der Waals surface area contributed by atoms with E-state index in [1.54, 1.807) is 0 Å². The highest BCUT2D eigenvalue weighted by Gasteiger charge is 2.39. The van der Waals surface area contributed by atoms with Crippen molar-refractivity contribution in [2.75, 3.05) is 0 Å². The maximum Gasteiger partial charge on any atom is 0.411 e. The normalized spacial score (nSPS) is 22.8. The molecular weight excluding hydrogens is 312 g/mol. The number of ether oxygens (including phenoxy) is 1. The number of fused-ring (bicyclic) bond motifs is 2. The average molecular weight is 338 g/mol. The SMILES string of the molecule is CC(C)(C)OC(=O)N1C2C=C(Cc3ccccc3C#N)CC1CCC2. The van der Waals surface area contributed by atoms with Crippen molar-refractivity contribution < 1.29 is 9.53 Å². The monoisotopic (exact) mass is 338 g/mol. The van der Waals surface area contributed by atoms with Gasteiger partial charge in [-0.1, -0.05) is 29.8 Å². The van der Waals surface area contributed by atoms with Gasteiger partial charge in [-0.2, -0.15) is 5.26 Å². The zero-order valence-corrected chi connectivity index (χ0v) is 15.3. The van der Waals surface area contributed by atoms with Crippen LogP contribution in [0.2, 0.25) is 0 Å². The lowest BCUT2D eigenvalue weighted by Gasteiger charge is -2.45. The fourth-order valence-corrected chi connectivity index (χ4v) is 3.88. The van der Waals surface area contributed by atoms with Gasteiger partial charge in [-0.3, -0.25) is 4.90 Å². The van der Waals surface area contributed by atoms with Crippen LogP contribution in [-0.2, 0) is 11.2 Å². The molecule has 3 rings (SSSR count). The highest BCUT2D eigenvalue weighted by Crippen LogP contribution is 2.35. The van der Waals surface area contributed by atoms with Gasteiger partial charge in [0, 0.05) is 6.04 Å². The molecule has 0 spiro atoms. The van der Waals surface area contributed by atoms with Crippen LogP contribution in [0, 0.1) is 11.3 Å². The van der Waals surface area contributed by atoms with E-state index in [0.717, 1.165) is 43.2 Å². The van der Waals surface area contributed by atoms with Gasteiger partial charge in [0.25, 0.3) is 0 Å². The van der Waals surface area contributed by atoms with E-state index in [2.05, 4.69) is 12.1 Å². The van der Waals surface area contributed by atoms with E-state index in [1.165, 1.54) is 5.57 Å². The molecular formula is C21H26N2O2. The number of hydrogen-bond donors (Lipinski definition) is 0. The van der Waals surface area contributed by atoms with Crippen LogP contribution in [0.25, 0.3) is 0 Å². The molecule has 4 heteroatoms. The van der Waals surface area contributed by atoms with Gasteiger partial charge in [0.05, 0.1) is 17.7 Å². The summed E-state index contributed by atoms with van der Waals surface area (Å²) in [4.78, 5) is 14.6. The Morgan fingerprint density at radius 1 is 1.32 bits per heavy atom. The van der Waals surface area contributed by atoms with E-state index < -0.39 is 5.60 Å². The van der Waals surface area contributed by atoms with E-state index in [4.69, 9.17) is 4.74 Å². The number of rotatable bonds is 2. The minimum Gasteiger partial charge on any atom is -0.444 e. The number of nitriles is 1. The minimum absolute atomic E-state index is 0.117.